The van der Waals surface area contributed by atoms with E-state index >= 15 is 0 Å². The summed E-state index contributed by atoms with van der Waals surface area (Å²) < 4.78 is 12.4. The summed E-state index contributed by atoms with van der Waals surface area (Å²) in [5.41, 5.74) is 0.652. The van der Waals surface area contributed by atoms with Crippen LogP contribution < -0.4 is 0 Å². The summed E-state index contributed by atoms with van der Waals surface area (Å²) in [6.45, 7) is -0.0451. The van der Waals surface area contributed by atoms with Gasteiger partial charge in [0.05, 0.1) is 12.8 Å². The molecule has 0 bridgehead atoms. The van der Waals surface area contributed by atoms with E-state index in [4.69, 9.17) is 5.11 Å². The molecule has 1 heterocycles. The third-order valence-electron chi connectivity index (χ3n) is 1.14. The predicted octanol–water partition coefficient (Wildman–Crippen LogP) is 1.23. The summed E-state index contributed by atoms with van der Waals surface area (Å²) in [6, 6.07) is 1.35. The summed E-state index contributed by atoms with van der Waals surface area (Å²) >= 11 is 0. The first-order chi connectivity index (χ1) is 5.33. The lowest BCUT2D eigenvalue weighted by atomic mass is 10.2. The number of aliphatic hydroxyl groups is 1. The number of aromatic nitrogens is 1. The number of nitrogens with zero attached hydrogens (tertiary/aromatic N) is 1. The van der Waals surface area contributed by atoms with Gasteiger partial charge in [0, 0.05) is 6.20 Å². The van der Waals surface area contributed by atoms with Gasteiger partial charge >= 0.3 is 0 Å². The second-order valence-electron chi connectivity index (χ2n) is 2.02. The van der Waals surface area contributed by atoms with Gasteiger partial charge in [-0.2, -0.15) is 0 Å². The van der Waals surface area contributed by atoms with Gasteiger partial charge in [-0.1, -0.05) is 12.2 Å². The van der Waals surface area contributed by atoms with Crippen molar-refractivity contribution in [2.24, 2.45) is 0 Å². The molecular formula is C8H8FNO. The molecule has 0 aromatic carbocycles. The monoisotopic (exact) mass is 153 g/mol. The molecule has 0 aliphatic carbocycles. The number of hydrogen-bond donors (Lipinski definition) is 1. The Kier molecular flexibility index (Phi) is 2.74. The van der Waals surface area contributed by atoms with E-state index in [2.05, 4.69) is 4.98 Å². The molecular weight excluding hydrogens is 145 g/mol. The lowest BCUT2D eigenvalue weighted by molar-refractivity contribution is 0.343. The van der Waals surface area contributed by atoms with E-state index in [0.29, 0.717) is 5.56 Å². The molecule has 11 heavy (non-hydrogen) atoms. The number of aliphatic hydroxyl groups excluding tert-OH is 1. The van der Waals surface area contributed by atoms with E-state index in [1.54, 1.807) is 6.08 Å². The fraction of sp³-hybridized carbons (Fsp3) is 0.125. The fourth-order valence-electron chi connectivity index (χ4n) is 0.708. The summed E-state index contributed by atoms with van der Waals surface area (Å²) in [7, 11) is 0. The average molecular weight is 153 g/mol. The zero-order valence-corrected chi connectivity index (χ0v) is 5.87. The normalized spacial score (nSPS) is 10.7. The molecule has 0 unspecified atom stereocenters. The molecule has 3 heteroatoms. The van der Waals surface area contributed by atoms with E-state index in [1.165, 1.54) is 18.3 Å². The maximum atomic E-state index is 12.4. The van der Waals surface area contributed by atoms with Crippen molar-refractivity contribution >= 4 is 6.08 Å². The molecule has 0 aliphatic rings. The Morgan fingerprint density at radius 1 is 1.55 bits per heavy atom. The zero-order chi connectivity index (χ0) is 8.10. The summed E-state index contributed by atoms with van der Waals surface area (Å²) in [4.78, 5) is 3.63. The van der Waals surface area contributed by atoms with Crippen LogP contribution in [-0.4, -0.2) is 16.7 Å². The van der Waals surface area contributed by atoms with Crippen LogP contribution in [0, 0.1) is 5.82 Å². The molecule has 1 rings (SSSR count). The molecule has 1 aromatic rings. The van der Waals surface area contributed by atoms with Gasteiger partial charge in [0.15, 0.2) is 0 Å². The van der Waals surface area contributed by atoms with Crippen LogP contribution in [0.1, 0.15) is 5.56 Å². The van der Waals surface area contributed by atoms with Crippen molar-refractivity contribution in [3.05, 3.63) is 35.9 Å². The topological polar surface area (TPSA) is 33.1 Å². The Morgan fingerprint density at radius 3 is 3.00 bits per heavy atom. The standard InChI is InChI=1S/C8H8FNO/c9-8-4-7(2-1-3-11)5-10-6-8/h1-2,4-6,11H,3H2/b2-1+. The van der Waals surface area contributed by atoms with Crippen LogP contribution in [0.15, 0.2) is 24.5 Å². The van der Waals surface area contributed by atoms with Crippen LogP contribution in [0.4, 0.5) is 4.39 Å². The van der Waals surface area contributed by atoms with Crippen LogP contribution in [0.5, 0.6) is 0 Å². The molecule has 0 atom stereocenters. The Labute approximate surface area is 64.0 Å². The van der Waals surface area contributed by atoms with Gasteiger partial charge in [-0.25, -0.2) is 4.39 Å². The predicted molar refractivity (Wildman–Crippen MR) is 40.3 cm³/mol. The number of rotatable bonds is 2. The van der Waals surface area contributed by atoms with E-state index in [-0.39, 0.29) is 12.4 Å². The highest BCUT2D eigenvalue weighted by Gasteiger charge is 1.89. The molecule has 58 valence electrons. The van der Waals surface area contributed by atoms with Crippen molar-refractivity contribution in [1.82, 2.24) is 4.98 Å². The molecule has 0 spiro atoms. The van der Waals surface area contributed by atoms with Crippen molar-refractivity contribution in [2.75, 3.05) is 6.61 Å². The van der Waals surface area contributed by atoms with E-state index in [1.807, 2.05) is 0 Å². The number of hydrogen-bond acceptors (Lipinski definition) is 2. The minimum atomic E-state index is -0.370. The Morgan fingerprint density at radius 2 is 2.36 bits per heavy atom. The molecule has 2 nitrogen and oxygen atoms in total. The molecule has 1 aromatic heterocycles. The molecule has 0 fully saturated rings. The Bertz CT molecular complexity index is 260. The first-order valence-electron chi connectivity index (χ1n) is 3.21. The first-order valence-corrected chi connectivity index (χ1v) is 3.21. The Hall–Kier alpha value is -1.22. The second kappa shape index (κ2) is 3.83. The summed E-state index contributed by atoms with van der Waals surface area (Å²) in [5, 5.41) is 8.40. The van der Waals surface area contributed by atoms with Crippen LogP contribution in [0.2, 0.25) is 0 Å². The van der Waals surface area contributed by atoms with Crippen LogP contribution in [-0.2, 0) is 0 Å². The SMILES string of the molecule is OC/C=C/c1cncc(F)c1. The highest BCUT2D eigenvalue weighted by molar-refractivity contribution is 5.47. The molecule has 0 amide bonds. The smallest absolute Gasteiger partial charge is 0.142 e. The number of halogens is 1. The van der Waals surface area contributed by atoms with Crippen molar-refractivity contribution < 1.29 is 9.50 Å². The number of pyridine rings is 1. The fourth-order valence-corrected chi connectivity index (χ4v) is 0.708. The summed E-state index contributed by atoms with van der Waals surface area (Å²) in [5.74, 6) is -0.370. The maximum absolute atomic E-state index is 12.4. The van der Waals surface area contributed by atoms with Gasteiger partial charge in [0.1, 0.15) is 5.82 Å². The van der Waals surface area contributed by atoms with Gasteiger partial charge in [-0.05, 0) is 11.6 Å². The van der Waals surface area contributed by atoms with E-state index in [0.717, 1.165) is 6.20 Å². The van der Waals surface area contributed by atoms with Crippen LogP contribution in [0.25, 0.3) is 6.08 Å². The van der Waals surface area contributed by atoms with Gasteiger partial charge in [0.2, 0.25) is 0 Å². The van der Waals surface area contributed by atoms with Crippen LogP contribution >= 0.6 is 0 Å². The molecule has 0 saturated carbocycles. The van der Waals surface area contributed by atoms with Crippen molar-refractivity contribution in [3.8, 4) is 0 Å². The summed E-state index contributed by atoms with van der Waals surface area (Å²) in [6.07, 6.45) is 5.79. The quantitative estimate of drug-likeness (QED) is 0.693. The second-order valence-corrected chi connectivity index (χ2v) is 2.02. The Balaban J connectivity index is 2.79. The van der Waals surface area contributed by atoms with Crippen molar-refractivity contribution in [1.29, 1.82) is 0 Å². The minimum Gasteiger partial charge on any atom is -0.392 e. The van der Waals surface area contributed by atoms with Crippen molar-refractivity contribution in [2.45, 2.75) is 0 Å². The highest BCUT2D eigenvalue weighted by atomic mass is 19.1. The van der Waals surface area contributed by atoms with Gasteiger partial charge < -0.3 is 5.11 Å². The third-order valence-corrected chi connectivity index (χ3v) is 1.14. The van der Waals surface area contributed by atoms with E-state index in [9.17, 15) is 4.39 Å². The van der Waals surface area contributed by atoms with E-state index < -0.39 is 0 Å². The van der Waals surface area contributed by atoms with Gasteiger partial charge in [0.25, 0.3) is 0 Å². The lowest BCUT2D eigenvalue weighted by Crippen LogP contribution is -1.80. The zero-order valence-electron chi connectivity index (χ0n) is 5.87. The molecule has 0 saturated heterocycles. The minimum absolute atomic E-state index is 0.0451. The first kappa shape index (κ1) is 7.88. The van der Waals surface area contributed by atoms with Crippen LogP contribution in [0.3, 0.4) is 0 Å². The third kappa shape index (κ3) is 2.47. The average Bonchev–Trinajstić information content (AvgIpc) is 2.01. The molecule has 1 N–H and O–H groups in total. The maximum Gasteiger partial charge on any atom is 0.142 e. The lowest BCUT2D eigenvalue weighted by Gasteiger charge is -1.90. The highest BCUT2D eigenvalue weighted by Crippen LogP contribution is 2.01. The van der Waals surface area contributed by atoms with Crippen molar-refractivity contribution in [3.63, 3.8) is 0 Å². The largest absolute Gasteiger partial charge is 0.392 e. The van der Waals surface area contributed by atoms with Gasteiger partial charge in [-0.15, -0.1) is 0 Å². The molecule has 0 aliphatic heterocycles. The molecule has 0 radical (unpaired) electrons. The van der Waals surface area contributed by atoms with Gasteiger partial charge in [-0.3, -0.25) is 4.98 Å².